The normalized spacial score (nSPS) is 30.1. The average molecular weight is 406 g/mol. The van der Waals surface area contributed by atoms with Crippen molar-refractivity contribution >= 4 is 61.8 Å². The van der Waals surface area contributed by atoms with Crippen molar-refractivity contribution in [3.8, 4) is 0 Å². The number of carbonyl (C=O) groups excluding carboxylic acids is 2. The quantitative estimate of drug-likeness (QED) is 0.412. The lowest BCUT2D eigenvalue weighted by atomic mass is 10.1. The number of carbonyl (C=O) groups is 2. The zero-order chi connectivity index (χ0) is 17.3. The third kappa shape index (κ3) is 3.09. The first-order valence-corrected chi connectivity index (χ1v) is 13.6. The first-order chi connectivity index (χ1) is 9.97. The summed E-state index contributed by atoms with van der Waals surface area (Å²) in [5.74, 6) is -1.64. The summed E-state index contributed by atoms with van der Waals surface area (Å²) < 4.78 is 26.9. The van der Waals surface area contributed by atoms with Gasteiger partial charge in [-0.25, -0.2) is 12.7 Å². The number of esters is 1. The number of thiol groups is 1. The second kappa shape index (κ2) is 7.01. The van der Waals surface area contributed by atoms with E-state index in [9.17, 15) is 18.0 Å². The van der Waals surface area contributed by atoms with Gasteiger partial charge in [0.1, 0.15) is 11.0 Å². The Morgan fingerprint density at radius 3 is 2.55 bits per heavy atom. The van der Waals surface area contributed by atoms with E-state index in [0.717, 1.165) is 0 Å². The minimum absolute atomic E-state index is 0.115. The molecular weight excluding hydrogens is 385 g/mol. The van der Waals surface area contributed by atoms with Crippen LogP contribution in [-0.4, -0.2) is 48.0 Å². The molecule has 1 aliphatic rings. The molecule has 22 heavy (non-hydrogen) atoms. The van der Waals surface area contributed by atoms with E-state index < -0.39 is 43.3 Å². The monoisotopic (exact) mass is 405 g/mol. The summed E-state index contributed by atoms with van der Waals surface area (Å²) in [6.07, 6.45) is 0. The molecule has 1 rings (SSSR count). The van der Waals surface area contributed by atoms with E-state index in [1.807, 2.05) is 6.92 Å². The topological polar surface area (TPSA) is 80.8 Å². The van der Waals surface area contributed by atoms with E-state index in [-0.39, 0.29) is 6.61 Å². The zero-order valence-corrected chi connectivity index (χ0v) is 17.0. The summed E-state index contributed by atoms with van der Waals surface area (Å²) >= 11 is 11.2. The Morgan fingerprint density at radius 2 is 2.09 bits per heavy atom. The predicted molar refractivity (Wildman–Crippen MR) is 96.2 cm³/mol. The molecule has 1 amide bonds. The first-order valence-electron chi connectivity index (χ1n) is 6.66. The van der Waals surface area contributed by atoms with Crippen molar-refractivity contribution in [2.75, 3.05) is 18.9 Å². The van der Waals surface area contributed by atoms with Crippen LogP contribution in [0.3, 0.4) is 0 Å². The molecule has 0 radical (unpaired) electrons. The highest BCUT2D eigenvalue weighted by atomic mass is 33.2. The molecule has 6 nitrogen and oxygen atoms in total. The predicted octanol–water partition coefficient (Wildman–Crippen LogP) is 2.07. The molecule has 0 spiro atoms. The maximum Gasteiger partial charge on any atom is 0.326 e. The molecule has 0 aromatic carbocycles. The number of ether oxygens (including phenoxy) is 1. The van der Waals surface area contributed by atoms with Gasteiger partial charge in [-0.2, -0.15) is 0 Å². The Hall–Kier alpha value is 0.240. The van der Waals surface area contributed by atoms with Crippen LogP contribution in [0, 0.1) is 5.92 Å². The lowest BCUT2D eigenvalue weighted by molar-refractivity contribution is -0.146. The standard InChI is InChI=1S/C11H20NO5PS4/c1-5-17-9(13)7-12-10(14)8(3)11(4,22(12,15)16)18(19,20)21-6-2/h8H,5-7H2,1-4H3,(H,19,20). The largest absolute Gasteiger partial charge is 0.465 e. The van der Waals surface area contributed by atoms with Gasteiger partial charge in [0.05, 0.1) is 17.0 Å². The highest BCUT2D eigenvalue weighted by Gasteiger charge is 2.65. The molecule has 0 aromatic rings. The molecule has 3 unspecified atom stereocenters. The molecule has 3 atom stereocenters. The number of sulfonamides is 1. The number of hydrogen-bond donors (Lipinski definition) is 1. The minimum Gasteiger partial charge on any atom is -0.465 e. The highest BCUT2D eigenvalue weighted by molar-refractivity contribution is 8.97. The van der Waals surface area contributed by atoms with Crippen LogP contribution in [0.5, 0.6) is 0 Å². The van der Waals surface area contributed by atoms with Crippen molar-refractivity contribution in [3.63, 3.8) is 0 Å². The molecule has 0 aliphatic carbocycles. The third-order valence-corrected chi connectivity index (χ3v) is 18.0. The molecule has 11 heteroatoms. The Bertz CT molecular complexity index is 622. The highest BCUT2D eigenvalue weighted by Crippen LogP contribution is 2.77. The van der Waals surface area contributed by atoms with E-state index in [0.29, 0.717) is 10.1 Å². The molecule has 0 saturated carbocycles. The van der Waals surface area contributed by atoms with Gasteiger partial charge in [-0.05, 0) is 19.6 Å². The first kappa shape index (κ1) is 20.3. The molecule has 1 aliphatic heterocycles. The molecule has 0 bridgehead atoms. The van der Waals surface area contributed by atoms with Gasteiger partial charge in [0, 0.05) is 0 Å². The molecule has 1 saturated heterocycles. The smallest absolute Gasteiger partial charge is 0.326 e. The molecular formula is C11H20NO5PS4. The number of nitrogens with zero attached hydrogens (tertiary/aromatic N) is 1. The molecule has 128 valence electrons. The van der Waals surface area contributed by atoms with E-state index in [2.05, 4.69) is 12.2 Å². The third-order valence-electron chi connectivity index (χ3n) is 3.68. The van der Waals surface area contributed by atoms with E-state index in [1.54, 1.807) is 6.92 Å². The van der Waals surface area contributed by atoms with Gasteiger partial charge in [-0.3, -0.25) is 9.59 Å². The lowest BCUT2D eigenvalue weighted by Crippen LogP contribution is -2.40. The zero-order valence-electron chi connectivity index (χ0n) is 12.8. The summed E-state index contributed by atoms with van der Waals surface area (Å²) in [4.78, 5) is 24.0. The fourth-order valence-electron chi connectivity index (χ4n) is 2.19. The van der Waals surface area contributed by atoms with Crippen molar-refractivity contribution in [3.05, 3.63) is 0 Å². The fraction of sp³-hybridized carbons (Fsp3) is 0.818. The Labute approximate surface area is 145 Å². The van der Waals surface area contributed by atoms with Crippen LogP contribution in [0.4, 0.5) is 0 Å². The summed E-state index contributed by atoms with van der Waals surface area (Å²) in [5.41, 5.74) is 0. The van der Waals surface area contributed by atoms with Crippen LogP contribution < -0.4 is 0 Å². The fourth-order valence-corrected chi connectivity index (χ4v) is 14.9. The van der Waals surface area contributed by atoms with Crippen molar-refractivity contribution in [2.45, 2.75) is 32.2 Å². The maximum absolute atomic E-state index is 12.9. The molecule has 0 N–H and O–H groups in total. The van der Waals surface area contributed by atoms with E-state index >= 15 is 0 Å². The van der Waals surface area contributed by atoms with Gasteiger partial charge in [0.2, 0.25) is 5.91 Å². The van der Waals surface area contributed by atoms with Gasteiger partial charge in [-0.1, -0.05) is 25.7 Å². The van der Waals surface area contributed by atoms with Crippen molar-refractivity contribution < 1.29 is 22.7 Å². The number of amides is 1. The summed E-state index contributed by atoms with van der Waals surface area (Å²) in [6.45, 7) is 5.95. The van der Waals surface area contributed by atoms with Gasteiger partial charge in [0.15, 0.2) is 0 Å². The van der Waals surface area contributed by atoms with Crippen LogP contribution in [-0.2, 0) is 36.2 Å². The minimum atomic E-state index is -4.09. The molecule has 1 fully saturated rings. The van der Waals surface area contributed by atoms with Crippen LogP contribution >= 0.6 is 28.1 Å². The van der Waals surface area contributed by atoms with Crippen LogP contribution in [0.15, 0.2) is 0 Å². The molecule has 0 aromatic heterocycles. The second-order valence-corrected chi connectivity index (χ2v) is 18.4. The SMILES string of the molecule is CCOC(=O)CN1C(=O)C(C)C(C)(P(=S)(S)SCC)S1(=O)=O. The lowest BCUT2D eigenvalue weighted by Gasteiger charge is -2.34. The van der Waals surface area contributed by atoms with Crippen molar-refractivity contribution in [2.24, 2.45) is 5.92 Å². The van der Waals surface area contributed by atoms with E-state index in [1.165, 1.54) is 25.2 Å². The summed E-state index contributed by atoms with van der Waals surface area (Å²) in [6, 6.07) is 0. The number of rotatable bonds is 6. The Balaban J connectivity index is 3.33. The maximum atomic E-state index is 12.9. The Morgan fingerprint density at radius 1 is 1.55 bits per heavy atom. The van der Waals surface area contributed by atoms with Crippen LogP contribution in [0.25, 0.3) is 0 Å². The molecule has 1 heterocycles. The van der Waals surface area contributed by atoms with Crippen LogP contribution in [0.1, 0.15) is 27.7 Å². The van der Waals surface area contributed by atoms with Gasteiger partial charge < -0.3 is 4.74 Å². The summed E-state index contributed by atoms with van der Waals surface area (Å²) in [5, 5.41) is 0. The second-order valence-electron chi connectivity index (χ2n) is 4.87. The van der Waals surface area contributed by atoms with Gasteiger partial charge in [0.25, 0.3) is 10.0 Å². The van der Waals surface area contributed by atoms with Crippen molar-refractivity contribution in [1.29, 1.82) is 0 Å². The average Bonchev–Trinajstić information content (AvgIpc) is 2.53. The number of hydrogen-bond acceptors (Lipinski definition) is 7. The van der Waals surface area contributed by atoms with Gasteiger partial charge >= 0.3 is 5.97 Å². The summed E-state index contributed by atoms with van der Waals surface area (Å²) in [7, 11) is -4.09. The van der Waals surface area contributed by atoms with Gasteiger partial charge in [-0.15, -0.1) is 23.6 Å². The van der Waals surface area contributed by atoms with Crippen LogP contribution in [0.2, 0.25) is 0 Å². The van der Waals surface area contributed by atoms with E-state index in [4.69, 9.17) is 16.5 Å². The van der Waals surface area contributed by atoms with Crippen molar-refractivity contribution in [1.82, 2.24) is 4.31 Å². The Kier molecular flexibility index (Phi) is 6.46.